The first-order chi connectivity index (χ1) is 19.2. The summed E-state index contributed by atoms with van der Waals surface area (Å²) in [6.45, 7) is 5.56. The number of para-hydroxylation sites is 2. The second kappa shape index (κ2) is 13.8. The zero-order valence-corrected chi connectivity index (χ0v) is 24.4. The van der Waals surface area contributed by atoms with E-state index in [-0.39, 0.29) is 28.8 Å². The fourth-order valence-electron chi connectivity index (χ4n) is 4.41. The van der Waals surface area contributed by atoms with E-state index >= 15 is 0 Å². The predicted molar refractivity (Wildman–Crippen MR) is 155 cm³/mol. The number of aryl methyl sites for hydroxylation is 1. The van der Waals surface area contributed by atoms with Gasteiger partial charge in [-0.1, -0.05) is 43.3 Å². The Morgan fingerprint density at radius 2 is 1.55 bits per heavy atom. The third-order valence-corrected chi connectivity index (χ3v) is 8.39. The molecule has 1 atom stereocenters. The molecule has 10 heteroatoms. The number of sulfonamides is 1. The van der Waals surface area contributed by atoms with Crippen molar-refractivity contribution >= 4 is 27.5 Å². The third kappa shape index (κ3) is 6.93. The minimum atomic E-state index is -4.23. The van der Waals surface area contributed by atoms with Crippen LogP contribution in [0.2, 0.25) is 0 Å². The van der Waals surface area contributed by atoms with Crippen LogP contribution in [0.4, 0.5) is 5.69 Å². The molecule has 0 aliphatic heterocycles. The normalized spacial score (nSPS) is 11.8. The smallest absolute Gasteiger partial charge is 0.264 e. The fraction of sp³-hybridized carbons (Fsp3) is 0.333. The minimum Gasteiger partial charge on any atom is -0.497 e. The number of hydrogen-bond acceptors (Lipinski definition) is 6. The van der Waals surface area contributed by atoms with Gasteiger partial charge in [0, 0.05) is 13.1 Å². The molecule has 0 heterocycles. The number of hydrogen-bond donors (Lipinski definition) is 1. The largest absolute Gasteiger partial charge is 0.497 e. The van der Waals surface area contributed by atoms with Gasteiger partial charge in [0.15, 0.2) is 0 Å². The second-order valence-electron chi connectivity index (χ2n) is 9.13. The molecule has 2 amide bonds. The lowest BCUT2D eigenvalue weighted by Gasteiger charge is -2.33. The Labute approximate surface area is 236 Å². The molecule has 0 fully saturated rings. The Morgan fingerprint density at radius 3 is 2.15 bits per heavy atom. The molecular weight excluding hydrogens is 530 g/mol. The van der Waals surface area contributed by atoms with Crippen molar-refractivity contribution < 1.29 is 27.5 Å². The molecule has 0 aliphatic rings. The van der Waals surface area contributed by atoms with Crippen molar-refractivity contribution in [2.75, 3.05) is 31.6 Å². The Morgan fingerprint density at radius 1 is 0.900 bits per heavy atom. The highest BCUT2D eigenvalue weighted by Gasteiger charge is 2.34. The number of carbonyl (C=O) groups excluding carboxylic acids is 2. The van der Waals surface area contributed by atoms with Crippen LogP contribution in [-0.4, -0.2) is 58.5 Å². The molecule has 0 saturated heterocycles. The molecular formula is C30H37N3O6S. The zero-order valence-electron chi connectivity index (χ0n) is 23.6. The summed E-state index contributed by atoms with van der Waals surface area (Å²) in [6.07, 6.45) is 0.351. The van der Waals surface area contributed by atoms with Crippen LogP contribution in [0.25, 0.3) is 0 Å². The van der Waals surface area contributed by atoms with Crippen LogP contribution in [-0.2, 0) is 26.2 Å². The van der Waals surface area contributed by atoms with Crippen LogP contribution >= 0.6 is 0 Å². The lowest BCUT2D eigenvalue weighted by Crippen LogP contribution is -2.52. The summed E-state index contributed by atoms with van der Waals surface area (Å²) in [5, 5.41) is 2.81. The van der Waals surface area contributed by atoms with Crippen molar-refractivity contribution in [3.63, 3.8) is 0 Å². The monoisotopic (exact) mass is 567 g/mol. The first-order valence-corrected chi connectivity index (χ1v) is 14.5. The summed E-state index contributed by atoms with van der Waals surface area (Å²) >= 11 is 0. The van der Waals surface area contributed by atoms with Gasteiger partial charge in [-0.2, -0.15) is 0 Å². The van der Waals surface area contributed by atoms with E-state index in [9.17, 15) is 18.0 Å². The van der Waals surface area contributed by atoms with Gasteiger partial charge in [0.1, 0.15) is 24.1 Å². The van der Waals surface area contributed by atoms with Gasteiger partial charge >= 0.3 is 0 Å². The summed E-state index contributed by atoms with van der Waals surface area (Å²) in [7, 11) is -1.31. The lowest BCUT2D eigenvalue weighted by atomic mass is 10.1. The molecule has 0 bridgehead atoms. The lowest BCUT2D eigenvalue weighted by molar-refractivity contribution is -0.140. The second-order valence-corrected chi connectivity index (χ2v) is 11.0. The van der Waals surface area contributed by atoms with Gasteiger partial charge in [-0.25, -0.2) is 8.42 Å². The van der Waals surface area contributed by atoms with Gasteiger partial charge in [0.25, 0.3) is 10.0 Å². The Balaban J connectivity index is 2.11. The highest BCUT2D eigenvalue weighted by atomic mass is 32.2. The number of nitrogens with one attached hydrogen (secondary N) is 1. The summed E-state index contributed by atoms with van der Waals surface area (Å²) in [6, 6.07) is 19.3. The number of anilines is 1. The Kier molecular flexibility index (Phi) is 10.6. The van der Waals surface area contributed by atoms with Crippen LogP contribution in [0.3, 0.4) is 0 Å². The number of amides is 2. The fourth-order valence-corrected chi connectivity index (χ4v) is 5.83. The maximum Gasteiger partial charge on any atom is 0.264 e. The molecule has 0 aromatic heterocycles. The molecule has 3 aromatic carbocycles. The molecule has 9 nitrogen and oxygen atoms in total. The van der Waals surface area contributed by atoms with E-state index in [1.54, 1.807) is 36.4 Å². The molecule has 0 radical (unpaired) electrons. The van der Waals surface area contributed by atoms with E-state index in [2.05, 4.69) is 5.32 Å². The SMILES string of the molecule is CCNC(=O)C(CC)N(Cc1ccccc1C)C(=O)CN(c1ccccc1OC)S(=O)(=O)c1ccc(OC)cc1. The van der Waals surface area contributed by atoms with E-state index in [4.69, 9.17) is 9.47 Å². The van der Waals surface area contributed by atoms with Crippen LogP contribution in [0.1, 0.15) is 31.4 Å². The van der Waals surface area contributed by atoms with Crippen molar-refractivity contribution in [1.82, 2.24) is 10.2 Å². The van der Waals surface area contributed by atoms with Gasteiger partial charge in [0.2, 0.25) is 11.8 Å². The Hall–Kier alpha value is -4.05. The molecule has 1 N–H and O–H groups in total. The molecule has 40 heavy (non-hydrogen) atoms. The number of likely N-dealkylation sites (N-methyl/N-ethyl adjacent to an activating group) is 1. The molecule has 1 unspecified atom stereocenters. The zero-order chi connectivity index (χ0) is 29.3. The van der Waals surface area contributed by atoms with Crippen molar-refractivity contribution in [1.29, 1.82) is 0 Å². The number of carbonyl (C=O) groups is 2. The number of rotatable bonds is 13. The van der Waals surface area contributed by atoms with E-state index in [1.807, 2.05) is 45.0 Å². The molecule has 0 aliphatic carbocycles. The third-order valence-electron chi connectivity index (χ3n) is 6.62. The van der Waals surface area contributed by atoms with Crippen LogP contribution in [0.5, 0.6) is 11.5 Å². The first-order valence-electron chi connectivity index (χ1n) is 13.1. The minimum absolute atomic E-state index is 0.0202. The highest BCUT2D eigenvalue weighted by molar-refractivity contribution is 7.92. The van der Waals surface area contributed by atoms with Crippen molar-refractivity contribution in [2.45, 2.75) is 44.7 Å². The summed E-state index contributed by atoms with van der Waals surface area (Å²) < 4.78 is 39.7. The number of methoxy groups -OCH3 is 2. The molecule has 3 aromatic rings. The molecule has 0 spiro atoms. The van der Waals surface area contributed by atoms with Crippen LogP contribution in [0, 0.1) is 6.92 Å². The van der Waals surface area contributed by atoms with Crippen molar-refractivity contribution in [3.8, 4) is 11.5 Å². The van der Waals surface area contributed by atoms with Gasteiger partial charge in [0.05, 0.1) is 24.8 Å². The number of ether oxygens (including phenoxy) is 2. The molecule has 0 saturated carbocycles. The number of nitrogens with zero attached hydrogens (tertiary/aromatic N) is 2. The van der Waals surface area contributed by atoms with Gasteiger partial charge in [-0.05, 0) is 67.8 Å². The van der Waals surface area contributed by atoms with Gasteiger partial charge < -0.3 is 19.7 Å². The maximum absolute atomic E-state index is 14.1. The van der Waals surface area contributed by atoms with Crippen LogP contribution in [0.15, 0.2) is 77.7 Å². The highest BCUT2D eigenvalue weighted by Crippen LogP contribution is 2.33. The van der Waals surface area contributed by atoms with Gasteiger partial charge in [-0.15, -0.1) is 0 Å². The average Bonchev–Trinajstić information content (AvgIpc) is 2.96. The summed E-state index contributed by atoms with van der Waals surface area (Å²) in [5.74, 6) is -0.0391. The average molecular weight is 568 g/mol. The quantitative estimate of drug-likeness (QED) is 0.333. The topological polar surface area (TPSA) is 105 Å². The standard InChI is InChI=1S/C30H37N3O6S/c1-6-26(30(35)31-7-2)32(20-23-13-9-8-12-22(23)3)29(34)21-33(27-14-10-11-15-28(27)39-5)40(36,37)25-18-16-24(38-4)17-19-25/h8-19,26H,6-7,20-21H2,1-5H3,(H,31,35). The van der Waals surface area contributed by atoms with E-state index < -0.39 is 28.5 Å². The molecule has 3 rings (SSSR count). The van der Waals surface area contributed by atoms with E-state index in [0.717, 1.165) is 15.4 Å². The van der Waals surface area contributed by atoms with Crippen molar-refractivity contribution in [3.05, 3.63) is 83.9 Å². The number of benzene rings is 3. The van der Waals surface area contributed by atoms with Crippen molar-refractivity contribution in [2.24, 2.45) is 0 Å². The maximum atomic E-state index is 14.1. The van der Waals surface area contributed by atoms with E-state index in [1.165, 1.54) is 31.3 Å². The summed E-state index contributed by atoms with van der Waals surface area (Å²) in [4.78, 5) is 28.6. The Bertz CT molecular complexity index is 1410. The molecule has 214 valence electrons. The van der Waals surface area contributed by atoms with E-state index in [0.29, 0.717) is 18.7 Å². The van der Waals surface area contributed by atoms with Gasteiger partial charge in [-0.3, -0.25) is 13.9 Å². The predicted octanol–water partition coefficient (Wildman–Crippen LogP) is 4.15. The van der Waals surface area contributed by atoms with Crippen LogP contribution < -0.4 is 19.1 Å². The first kappa shape index (κ1) is 30.5. The summed E-state index contributed by atoms with van der Waals surface area (Å²) in [5.41, 5.74) is 2.02.